The number of nitrogens with zero attached hydrogens (tertiary/aromatic N) is 4. The number of likely N-dealkylation sites (N-methyl/N-ethyl adjacent to an activating group) is 1. The molecule has 2 aromatic heterocycles. The van der Waals surface area contributed by atoms with Crippen LogP contribution >= 0.6 is 11.3 Å². The van der Waals surface area contributed by atoms with E-state index >= 15 is 0 Å². The number of thiazole rings is 1. The second-order valence-electron chi connectivity index (χ2n) is 6.00. The zero-order valence-electron chi connectivity index (χ0n) is 14.1. The summed E-state index contributed by atoms with van der Waals surface area (Å²) < 4.78 is 5.21. The van der Waals surface area contributed by atoms with E-state index in [2.05, 4.69) is 27.4 Å². The third-order valence-electron chi connectivity index (χ3n) is 3.52. The zero-order valence-corrected chi connectivity index (χ0v) is 14.9. The molecular weight excluding hydrogens is 314 g/mol. The predicted molar refractivity (Wildman–Crippen MR) is 88.3 cm³/mol. The normalized spacial score (nSPS) is 13.8. The molecule has 0 saturated heterocycles. The highest BCUT2D eigenvalue weighted by Gasteiger charge is 2.26. The van der Waals surface area contributed by atoms with Crippen LogP contribution in [0.5, 0.6) is 0 Å². The summed E-state index contributed by atoms with van der Waals surface area (Å²) in [4.78, 5) is 22.6. The predicted octanol–water partition coefficient (Wildman–Crippen LogP) is 2.98. The largest absolute Gasteiger partial charge is 0.337 e. The van der Waals surface area contributed by atoms with Crippen LogP contribution in [0.2, 0.25) is 0 Å². The lowest BCUT2D eigenvalue weighted by Gasteiger charge is -2.25. The van der Waals surface area contributed by atoms with Crippen molar-refractivity contribution in [3.8, 4) is 0 Å². The van der Waals surface area contributed by atoms with Crippen LogP contribution in [-0.2, 0) is 0 Å². The SMILES string of the molecule is Cc1noc([C@H](NC(=O)N(C)C[C@@H](C)c2nccs2)C(C)C)n1. The van der Waals surface area contributed by atoms with Gasteiger partial charge in [0.25, 0.3) is 0 Å². The van der Waals surface area contributed by atoms with Crippen LogP contribution in [0.25, 0.3) is 0 Å². The van der Waals surface area contributed by atoms with Crippen molar-refractivity contribution in [2.75, 3.05) is 13.6 Å². The summed E-state index contributed by atoms with van der Waals surface area (Å²) in [5.41, 5.74) is 0. The average molecular weight is 337 g/mol. The Morgan fingerprint density at radius 1 is 1.43 bits per heavy atom. The van der Waals surface area contributed by atoms with Crippen molar-refractivity contribution in [1.29, 1.82) is 0 Å². The Bertz CT molecular complexity index is 626. The number of carbonyl (C=O) groups excluding carboxylic acids is 1. The Hall–Kier alpha value is -1.96. The molecule has 2 rings (SSSR count). The van der Waals surface area contributed by atoms with Crippen molar-refractivity contribution in [2.24, 2.45) is 5.92 Å². The van der Waals surface area contributed by atoms with Crippen LogP contribution in [0.4, 0.5) is 4.79 Å². The average Bonchev–Trinajstić information content (AvgIpc) is 3.15. The highest BCUT2D eigenvalue weighted by molar-refractivity contribution is 7.09. The third-order valence-corrected chi connectivity index (χ3v) is 4.53. The molecule has 0 spiro atoms. The van der Waals surface area contributed by atoms with Gasteiger partial charge < -0.3 is 14.7 Å². The van der Waals surface area contributed by atoms with Crippen LogP contribution in [0.3, 0.4) is 0 Å². The van der Waals surface area contributed by atoms with Crippen molar-refractivity contribution < 1.29 is 9.32 Å². The molecule has 2 atom stereocenters. The standard InChI is InChI=1S/C15H23N5O2S/c1-9(2)12(13-17-11(4)19-22-13)18-15(21)20(5)8-10(3)14-16-6-7-23-14/h6-7,9-10,12H,8H2,1-5H3,(H,18,21)/t10-,12-/m1/s1. The van der Waals surface area contributed by atoms with Gasteiger partial charge in [-0.05, 0) is 12.8 Å². The molecule has 2 aromatic rings. The molecule has 2 amide bonds. The summed E-state index contributed by atoms with van der Waals surface area (Å²) in [6.07, 6.45) is 1.78. The summed E-state index contributed by atoms with van der Waals surface area (Å²) in [6.45, 7) is 8.41. The molecule has 1 N–H and O–H groups in total. The zero-order chi connectivity index (χ0) is 17.0. The number of hydrogen-bond donors (Lipinski definition) is 1. The molecule has 0 aliphatic carbocycles. The molecule has 0 aliphatic rings. The minimum atomic E-state index is -0.304. The van der Waals surface area contributed by atoms with E-state index in [1.807, 2.05) is 19.2 Å². The monoisotopic (exact) mass is 337 g/mol. The van der Waals surface area contributed by atoms with Crippen molar-refractivity contribution in [3.05, 3.63) is 28.3 Å². The Kier molecular flexibility index (Phi) is 5.70. The summed E-state index contributed by atoms with van der Waals surface area (Å²) in [5.74, 6) is 1.33. The quantitative estimate of drug-likeness (QED) is 0.876. The number of aromatic nitrogens is 3. The van der Waals surface area contributed by atoms with Crippen molar-refractivity contribution in [2.45, 2.75) is 39.7 Å². The van der Waals surface area contributed by atoms with Gasteiger partial charge in [-0.3, -0.25) is 0 Å². The van der Waals surface area contributed by atoms with Gasteiger partial charge in [-0.25, -0.2) is 9.78 Å². The van der Waals surface area contributed by atoms with E-state index in [9.17, 15) is 4.79 Å². The van der Waals surface area contributed by atoms with Gasteiger partial charge in [-0.1, -0.05) is 25.9 Å². The van der Waals surface area contributed by atoms with E-state index in [4.69, 9.17) is 4.52 Å². The van der Waals surface area contributed by atoms with Crippen LogP contribution in [0.15, 0.2) is 16.1 Å². The van der Waals surface area contributed by atoms with Crippen LogP contribution < -0.4 is 5.32 Å². The summed E-state index contributed by atoms with van der Waals surface area (Å²) in [6, 6.07) is -0.468. The Balaban J connectivity index is 1.98. The van der Waals surface area contributed by atoms with Crippen LogP contribution in [0, 0.1) is 12.8 Å². The molecule has 23 heavy (non-hydrogen) atoms. The number of carbonyl (C=O) groups is 1. The summed E-state index contributed by atoms with van der Waals surface area (Å²) in [5, 5.41) is 9.74. The van der Waals surface area contributed by atoms with Gasteiger partial charge in [0.2, 0.25) is 5.89 Å². The molecule has 0 aromatic carbocycles. The van der Waals surface area contributed by atoms with Gasteiger partial charge in [0.1, 0.15) is 6.04 Å². The lowest BCUT2D eigenvalue weighted by Crippen LogP contribution is -2.42. The van der Waals surface area contributed by atoms with E-state index in [0.29, 0.717) is 18.3 Å². The highest BCUT2D eigenvalue weighted by Crippen LogP contribution is 2.21. The van der Waals surface area contributed by atoms with E-state index in [-0.39, 0.29) is 23.9 Å². The van der Waals surface area contributed by atoms with E-state index in [0.717, 1.165) is 5.01 Å². The maximum absolute atomic E-state index is 12.5. The fourth-order valence-electron chi connectivity index (χ4n) is 2.25. The van der Waals surface area contributed by atoms with E-state index < -0.39 is 0 Å². The number of hydrogen-bond acceptors (Lipinski definition) is 6. The first-order valence-electron chi connectivity index (χ1n) is 7.59. The van der Waals surface area contributed by atoms with Crippen LogP contribution in [0.1, 0.15) is 49.5 Å². The molecule has 126 valence electrons. The molecule has 0 aliphatic heterocycles. The Morgan fingerprint density at radius 2 is 2.17 bits per heavy atom. The Morgan fingerprint density at radius 3 is 2.70 bits per heavy atom. The Labute approximate surface area is 140 Å². The number of urea groups is 1. The maximum Gasteiger partial charge on any atom is 0.317 e. The molecule has 0 fully saturated rings. The molecular formula is C15H23N5O2S. The highest BCUT2D eigenvalue weighted by atomic mass is 32.1. The first-order valence-corrected chi connectivity index (χ1v) is 8.47. The lowest BCUT2D eigenvalue weighted by molar-refractivity contribution is 0.192. The van der Waals surface area contributed by atoms with E-state index in [1.165, 1.54) is 0 Å². The van der Waals surface area contributed by atoms with Crippen molar-refractivity contribution in [1.82, 2.24) is 25.3 Å². The topological polar surface area (TPSA) is 84.2 Å². The molecule has 0 unspecified atom stereocenters. The van der Waals surface area contributed by atoms with Crippen LogP contribution in [-0.4, -0.2) is 39.6 Å². The number of nitrogens with one attached hydrogen (secondary N) is 1. The molecule has 8 heteroatoms. The molecule has 0 bridgehead atoms. The second kappa shape index (κ2) is 7.54. The second-order valence-corrected chi connectivity index (χ2v) is 6.93. The molecule has 0 radical (unpaired) electrons. The smallest absolute Gasteiger partial charge is 0.317 e. The van der Waals surface area contributed by atoms with Gasteiger partial charge in [-0.15, -0.1) is 11.3 Å². The first kappa shape index (κ1) is 17.4. The summed E-state index contributed by atoms with van der Waals surface area (Å²) in [7, 11) is 1.77. The third kappa shape index (κ3) is 4.51. The minimum absolute atomic E-state index is 0.142. The number of rotatable bonds is 6. The summed E-state index contributed by atoms with van der Waals surface area (Å²) >= 11 is 1.60. The number of aryl methyl sites for hydroxylation is 1. The molecule has 7 nitrogen and oxygen atoms in total. The van der Waals surface area contributed by atoms with Crippen molar-refractivity contribution in [3.63, 3.8) is 0 Å². The lowest BCUT2D eigenvalue weighted by atomic mass is 10.0. The molecule has 0 saturated carbocycles. The number of amides is 2. The van der Waals surface area contributed by atoms with Gasteiger partial charge in [-0.2, -0.15) is 4.98 Å². The maximum atomic E-state index is 12.5. The fraction of sp³-hybridized carbons (Fsp3) is 0.600. The van der Waals surface area contributed by atoms with Crippen molar-refractivity contribution >= 4 is 17.4 Å². The van der Waals surface area contributed by atoms with Gasteiger partial charge in [0.05, 0.1) is 5.01 Å². The van der Waals surface area contributed by atoms with Gasteiger partial charge in [0.15, 0.2) is 5.82 Å². The molecule has 2 heterocycles. The van der Waals surface area contributed by atoms with Gasteiger partial charge in [0, 0.05) is 31.1 Å². The van der Waals surface area contributed by atoms with Gasteiger partial charge >= 0.3 is 6.03 Å². The van der Waals surface area contributed by atoms with E-state index in [1.54, 1.807) is 36.4 Å². The minimum Gasteiger partial charge on any atom is -0.337 e. The fourth-order valence-corrected chi connectivity index (χ4v) is 2.94. The first-order chi connectivity index (χ1) is 10.9.